The van der Waals surface area contributed by atoms with E-state index in [-0.39, 0.29) is 10.8 Å². The zero-order valence-electron chi connectivity index (χ0n) is 14.4. The highest BCUT2D eigenvalue weighted by Crippen LogP contribution is 2.21. The molecule has 1 amide bonds. The van der Waals surface area contributed by atoms with Crippen LogP contribution < -0.4 is 10.0 Å². The Labute approximate surface area is 166 Å². The summed E-state index contributed by atoms with van der Waals surface area (Å²) in [5.74, 6) is -0.282. The number of aryl methyl sites for hydroxylation is 1. The van der Waals surface area contributed by atoms with Gasteiger partial charge in [-0.05, 0) is 76.9 Å². The first-order chi connectivity index (χ1) is 12.8. The molecule has 0 fully saturated rings. The van der Waals surface area contributed by atoms with Crippen molar-refractivity contribution in [1.82, 2.24) is 0 Å². The predicted octanol–water partition coefficient (Wildman–Crippen LogP) is 4.81. The van der Waals surface area contributed by atoms with Gasteiger partial charge in [-0.25, -0.2) is 8.42 Å². The lowest BCUT2D eigenvalue weighted by molar-refractivity contribution is 0.102. The number of halogens is 1. The van der Waals surface area contributed by atoms with Crippen LogP contribution >= 0.6 is 15.9 Å². The zero-order chi connectivity index (χ0) is 19.4. The van der Waals surface area contributed by atoms with Crippen molar-refractivity contribution in [3.63, 3.8) is 0 Å². The highest BCUT2D eigenvalue weighted by Gasteiger charge is 2.15. The average Bonchev–Trinajstić information content (AvgIpc) is 2.62. The minimum absolute atomic E-state index is 0.114. The standard InChI is InChI=1S/C20H17BrN2O3S/c1-14-5-4-6-16(13-14)23-27(25,26)17-11-9-15(10-12-17)22-20(24)18-7-2-3-8-19(18)21/h2-13,23H,1H3,(H,22,24). The largest absolute Gasteiger partial charge is 0.322 e. The van der Waals surface area contributed by atoms with E-state index in [1.54, 1.807) is 48.5 Å². The number of carbonyl (C=O) groups is 1. The van der Waals surface area contributed by atoms with E-state index in [1.807, 2.05) is 19.1 Å². The first kappa shape index (κ1) is 19.1. The molecule has 0 bridgehead atoms. The summed E-state index contributed by atoms with van der Waals surface area (Å²) in [6, 6.07) is 20.2. The van der Waals surface area contributed by atoms with Crippen LogP contribution in [0.1, 0.15) is 15.9 Å². The number of nitrogens with one attached hydrogen (secondary N) is 2. The maximum Gasteiger partial charge on any atom is 0.261 e. The summed E-state index contributed by atoms with van der Waals surface area (Å²) in [5.41, 5.74) is 2.46. The van der Waals surface area contributed by atoms with Crippen molar-refractivity contribution in [2.75, 3.05) is 10.0 Å². The third-order valence-electron chi connectivity index (χ3n) is 3.81. The van der Waals surface area contributed by atoms with Gasteiger partial charge in [0.1, 0.15) is 0 Å². The summed E-state index contributed by atoms with van der Waals surface area (Å²) >= 11 is 3.34. The summed E-state index contributed by atoms with van der Waals surface area (Å²) in [6.07, 6.45) is 0. The van der Waals surface area contributed by atoms with E-state index in [1.165, 1.54) is 12.1 Å². The molecule has 3 rings (SSSR count). The predicted molar refractivity (Wildman–Crippen MR) is 111 cm³/mol. The number of benzene rings is 3. The molecule has 0 aromatic heterocycles. The molecular formula is C20H17BrN2O3S. The molecule has 5 nitrogen and oxygen atoms in total. The Morgan fingerprint density at radius 2 is 1.59 bits per heavy atom. The van der Waals surface area contributed by atoms with Gasteiger partial charge in [0.2, 0.25) is 0 Å². The fourth-order valence-corrected chi connectivity index (χ4v) is 4.00. The molecule has 27 heavy (non-hydrogen) atoms. The second-order valence-corrected chi connectivity index (χ2v) is 8.47. The molecule has 138 valence electrons. The number of anilines is 2. The van der Waals surface area contributed by atoms with E-state index in [2.05, 4.69) is 26.0 Å². The third kappa shape index (κ3) is 4.75. The van der Waals surface area contributed by atoms with Gasteiger partial charge >= 0.3 is 0 Å². The lowest BCUT2D eigenvalue weighted by Gasteiger charge is -2.10. The molecule has 0 saturated carbocycles. The number of carbonyl (C=O) groups excluding carboxylic acids is 1. The maximum absolute atomic E-state index is 12.5. The van der Waals surface area contributed by atoms with Crippen LogP contribution in [-0.2, 0) is 10.0 Å². The average molecular weight is 445 g/mol. The van der Waals surface area contributed by atoms with Gasteiger partial charge in [0.15, 0.2) is 0 Å². The van der Waals surface area contributed by atoms with Crippen LogP contribution in [0.4, 0.5) is 11.4 Å². The van der Waals surface area contributed by atoms with E-state index in [0.717, 1.165) is 5.56 Å². The molecule has 0 atom stereocenters. The first-order valence-corrected chi connectivity index (χ1v) is 10.4. The summed E-state index contributed by atoms with van der Waals surface area (Å²) in [4.78, 5) is 12.4. The van der Waals surface area contributed by atoms with Crippen LogP contribution in [0.25, 0.3) is 0 Å². The van der Waals surface area contributed by atoms with Crippen LogP contribution in [0, 0.1) is 6.92 Å². The van der Waals surface area contributed by atoms with E-state index < -0.39 is 10.0 Å². The van der Waals surface area contributed by atoms with Gasteiger partial charge in [0.25, 0.3) is 15.9 Å². The zero-order valence-corrected chi connectivity index (χ0v) is 16.8. The van der Waals surface area contributed by atoms with Crippen LogP contribution in [-0.4, -0.2) is 14.3 Å². The molecule has 0 saturated heterocycles. The number of amides is 1. The van der Waals surface area contributed by atoms with Crippen LogP contribution in [0.3, 0.4) is 0 Å². The van der Waals surface area contributed by atoms with Gasteiger partial charge in [-0.2, -0.15) is 0 Å². The van der Waals surface area contributed by atoms with Crippen LogP contribution in [0.5, 0.6) is 0 Å². The van der Waals surface area contributed by atoms with Gasteiger partial charge in [0, 0.05) is 15.8 Å². The lowest BCUT2D eigenvalue weighted by Crippen LogP contribution is -2.14. The Morgan fingerprint density at radius 3 is 2.26 bits per heavy atom. The van der Waals surface area contributed by atoms with Gasteiger partial charge in [-0.1, -0.05) is 24.3 Å². The molecule has 0 radical (unpaired) electrons. The third-order valence-corrected chi connectivity index (χ3v) is 5.90. The number of hydrogen-bond donors (Lipinski definition) is 2. The first-order valence-electron chi connectivity index (χ1n) is 8.10. The fraction of sp³-hybridized carbons (Fsp3) is 0.0500. The van der Waals surface area contributed by atoms with Crippen LogP contribution in [0.15, 0.2) is 82.2 Å². The normalized spacial score (nSPS) is 11.0. The topological polar surface area (TPSA) is 75.3 Å². The maximum atomic E-state index is 12.5. The molecule has 0 aliphatic heterocycles. The number of hydrogen-bond acceptors (Lipinski definition) is 3. The minimum Gasteiger partial charge on any atom is -0.322 e. The van der Waals surface area contributed by atoms with Crippen LogP contribution in [0.2, 0.25) is 0 Å². The summed E-state index contributed by atoms with van der Waals surface area (Å²) < 4.78 is 28.2. The van der Waals surface area contributed by atoms with Crippen molar-refractivity contribution < 1.29 is 13.2 Å². The Balaban J connectivity index is 1.75. The molecular weight excluding hydrogens is 428 g/mol. The fourth-order valence-electron chi connectivity index (χ4n) is 2.48. The summed E-state index contributed by atoms with van der Waals surface area (Å²) in [5, 5.41) is 2.75. The SMILES string of the molecule is Cc1cccc(NS(=O)(=O)c2ccc(NC(=O)c3ccccc3Br)cc2)c1. The Hall–Kier alpha value is -2.64. The number of sulfonamides is 1. The van der Waals surface area contributed by atoms with E-state index >= 15 is 0 Å². The molecule has 0 aliphatic rings. The summed E-state index contributed by atoms with van der Waals surface area (Å²) in [6.45, 7) is 1.89. The highest BCUT2D eigenvalue weighted by atomic mass is 79.9. The Morgan fingerprint density at radius 1 is 0.889 bits per heavy atom. The molecule has 3 aromatic carbocycles. The second kappa shape index (κ2) is 7.94. The number of rotatable bonds is 5. The monoisotopic (exact) mass is 444 g/mol. The molecule has 0 unspecified atom stereocenters. The molecule has 0 spiro atoms. The Bertz CT molecular complexity index is 1080. The van der Waals surface area contributed by atoms with Crippen molar-refractivity contribution in [3.05, 3.63) is 88.4 Å². The molecule has 0 aliphatic carbocycles. The summed E-state index contributed by atoms with van der Waals surface area (Å²) in [7, 11) is -3.70. The van der Waals surface area contributed by atoms with Gasteiger partial charge in [-0.15, -0.1) is 0 Å². The second-order valence-electron chi connectivity index (χ2n) is 5.93. The van der Waals surface area contributed by atoms with E-state index in [9.17, 15) is 13.2 Å². The molecule has 3 aromatic rings. The minimum atomic E-state index is -3.70. The van der Waals surface area contributed by atoms with Gasteiger partial charge in [-0.3, -0.25) is 9.52 Å². The molecule has 7 heteroatoms. The van der Waals surface area contributed by atoms with Crippen molar-refractivity contribution >= 4 is 43.2 Å². The van der Waals surface area contributed by atoms with Crippen molar-refractivity contribution in [1.29, 1.82) is 0 Å². The smallest absolute Gasteiger partial charge is 0.261 e. The van der Waals surface area contributed by atoms with Crippen molar-refractivity contribution in [3.8, 4) is 0 Å². The van der Waals surface area contributed by atoms with E-state index in [4.69, 9.17) is 0 Å². The van der Waals surface area contributed by atoms with Gasteiger partial charge in [0.05, 0.1) is 10.5 Å². The van der Waals surface area contributed by atoms with E-state index in [0.29, 0.717) is 21.4 Å². The molecule has 2 N–H and O–H groups in total. The Kier molecular flexibility index (Phi) is 5.62. The van der Waals surface area contributed by atoms with Gasteiger partial charge < -0.3 is 5.32 Å². The highest BCUT2D eigenvalue weighted by molar-refractivity contribution is 9.10. The van der Waals surface area contributed by atoms with Crippen molar-refractivity contribution in [2.45, 2.75) is 11.8 Å². The van der Waals surface area contributed by atoms with Crippen molar-refractivity contribution in [2.24, 2.45) is 0 Å². The lowest BCUT2D eigenvalue weighted by atomic mass is 10.2. The molecule has 0 heterocycles. The quantitative estimate of drug-likeness (QED) is 0.592.